The zero-order valence-electron chi connectivity index (χ0n) is 14.5. The zero-order chi connectivity index (χ0) is 18.3. The molecule has 2 rings (SSSR count). The van der Waals surface area contributed by atoms with E-state index in [0.717, 1.165) is 0 Å². The molecule has 25 heavy (non-hydrogen) atoms. The van der Waals surface area contributed by atoms with Crippen molar-refractivity contribution in [2.24, 2.45) is 0 Å². The van der Waals surface area contributed by atoms with Gasteiger partial charge in [-0.1, -0.05) is 43.3 Å². The number of carboxylic acids is 1. The average Bonchev–Trinajstić information content (AvgIpc) is 2.63. The van der Waals surface area contributed by atoms with E-state index < -0.39 is 11.4 Å². The van der Waals surface area contributed by atoms with Gasteiger partial charge in [-0.2, -0.15) is 0 Å². The molecule has 5 nitrogen and oxygen atoms in total. The first-order valence-corrected chi connectivity index (χ1v) is 8.33. The Labute approximate surface area is 147 Å². The van der Waals surface area contributed by atoms with Crippen molar-refractivity contribution in [3.63, 3.8) is 0 Å². The molecular weight excluding hydrogens is 318 g/mol. The molecule has 2 aromatic rings. The lowest BCUT2D eigenvalue weighted by molar-refractivity contribution is -0.143. The van der Waals surface area contributed by atoms with Gasteiger partial charge < -0.3 is 15.2 Å². The molecular formula is C20H23NO4. The van der Waals surface area contributed by atoms with Gasteiger partial charge in [0.05, 0.1) is 6.61 Å². The van der Waals surface area contributed by atoms with Gasteiger partial charge in [-0.15, -0.1) is 0 Å². The predicted octanol–water partition coefficient (Wildman–Crippen LogP) is 3.25. The Hall–Kier alpha value is -2.82. The fourth-order valence-corrected chi connectivity index (χ4v) is 2.77. The van der Waals surface area contributed by atoms with Crippen molar-refractivity contribution >= 4 is 11.9 Å². The molecule has 132 valence electrons. The minimum Gasteiger partial charge on any atom is -0.494 e. The van der Waals surface area contributed by atoms with Gasteiger partial charge in [-0.3, -0.25) is 9.59 Å². The summed E-state index contributed by atoms with van der Waals surface area (Å²) in [6.07, 6.45) is 0.367. The van der Waals surface area contributed by atoms with Crippen molar-refractivity contribution in [2.75, 3.05) is 13.2 Å². The van der Waals surface area contributed by atoms with Crippen LogP contribution in [0.3, 0.4) is 0 Å². The molecule has 0 saturated heterocycles. The molecule has 1 unspecified atom stereocenters. The van der Waals surface area contributed by atoms with Gasteiger partial charge in [0, 0.05) is 12.1 Å². The predicted molar refractivity (Wildman–Crippen MR) is 96.0 cm³/mol. The summed E-state index contributed by atoms with van der Waals surface area (Å²) in [5.41, 5.74) is -0.0446. The quantitative estimate of drug-likeness (QED) is 0.773. The Bertz CT molecular complexity index is 729. The minimum atomic E-state index is -1.16. The maximum absolute atomic E-state index is 12.5. The van der Waals surface area contributed by atoms with Gasteiger partial charge in [0.1, 0.15) is 11.2 Å². The van der Waals surface area contributed by atoms with Gasteiger partial charge in [0.25, 0.3) is 5.91 Å². The summed E-state index contributed by atoms with van der Waals surface area (Å²) >= 11 is 0. The van der Waals surface area contributed by atoms with Gasteiger partial charge in [0.15, 0.2) is 0 Å². The zero-order valence-corrected chi connectivity index (χ0v) is 14.5. The SMILES string of the molecule is CCOc1cccc(C(=O)NCC(CC)(C(=O)O)c2ccccc2)c1. The van der Waals surface area contributed by atoms with Gasteiger partial charge >= 0.3 is 5.97 Å². The third-order valence-electron chi connectivity index (χ3n) is 4.30. The number of rotatable bonds is 8. The fraction of sp³-hybridized carbons (Fsp3) is 0.300. The van der Waals surface area contributed by atoms with E-state index in [2.05, 4.69) is 5.32 Å². The molecule has 0 aliphatic carbocycles. The minimum absolute atomic E-state index is 0.0144. The summed E-state index contributed by atoms with van der Waals surface area (Å²) in [7, 11) is 0. The second-order valence-electron chi connectivity index (χ2n) is 5.75. The molecule has 5 heteroatoms. The lowest BCUT2D eigenvalue weighted by atomic mass is 9.78. The van der Waals surface area contributed by atoms with Crippen LogP contribution in [0.2, 0.25) is 0 Å². The van der Waals surface area contributed by atoms with Crippen LogP contribution in [0.1, 0.15) is 36.2 Å². The van der Waals surface area contributed by atoms with Crippen molar-refractivity contribution in [1.29, 1.82) is 0 Å². The normalized spacial score (nSPS) is 12.9. The second kappa shape index (κ2) is 8.33. The van der Waals surface area contributed by atoms with Crippen molar-refractivity contribution < 1.29 is 19.4 Å². The number of hydrogen-bond donors (Lipinski definition) is 2. The summed E-state index contributed by atoms with van der Waals surface area (Å²) < 4.78 is 5.40. The van der Waals surface area contributed by atoms with Gasteiger partial charge in [0.2, 0.25) is 0 Å². The number of hydrogen-bond acceptors (Lipinski definition) is 3. The Morgan fingerprint density at radius 3 is 2.40 bits per heavy atom. The summed E-state index contributed by atoms with van der Waals surface area (Å²) in [5, 5.41) is 12.6. The first kappa shape index (κ1) is 18.5. The molecule has 0 aliphatic heterocycles. The van der Waals surface area contributed by atoms with E-state index in [4.69, 9.17) is 4.74 Å². The maximum Gasteiger partial charge on any atom is 0.315 e. The van der Waals surface area contributed by atoms with E-state index in [0.29, 0.717) is 29.9 Å². The van der Waals surface area contributed by atoms with E-state index in [1.54, 1.807) is 48.5 Å². The van der Waals surface area contributed by atoms with E-state index in [9.17, 15) is 14.7 Å². The summed E-state index contributed by atoms with van der Waals surface area (Å²) in [4.78, 5) is 24.4. The summed E-state index contributed by atoms with van der Waals surface area (Å²) in [6.45, 7) is 4.20. The highest BCUT2D eigenvalue weighted by Gasteiger charge is 2.39. The van der Waals surface area contributed by atoms with Crippen molar-refractivity contribution in [3.05, 3.63) is 65.7 Å². The van der Waals surface area contributed by atoms with Gasteiger partial charge in [-0.25, -0.2) is 0 Å². The van der Waals surface area contributed by atoms with E-state index in [-0.39, 0.29) is 12.5 Å². The van der Waals surface area contributed by atoms with Crippen LogP contribution >= 0.6 is 0 Å². The van der Waals surface area contributed by atoms with Crippen LogP contribution in [0.5, 0.6) is 5.75 Å². The number of amides is 1. The topological polar surface area (TPSA) is 75.6 Å². The highest BCUT2D eigenvalue weighted by atomic mass is 16.5. The largest absolute Gasteiger partial charge is 0.494 e. The van der Waals surface area contributed by atoms with Crippen LogP contribution in [-0.2, 0) is 10.2 Å². The fourth-order valence-electron chi connectivity index (χ4n) is 2.77. The number of nitrogens with one attached hydrogen (secondary N) is 1. The second-order valence-corrected chi connectivity index (χ2v) is 5.75. The van der Waals surface area contributed by atoms with E-state index >= 15 is 0 Å². The molecule has 0 aliphatic rings. The van der Waals surface area contributed by atoms with Crippen LogP contribution in [0, 0.1) is 0 Å². The lowest BCUT2D eigenvalue weighted by Crippen LogP contribution is -2.46. The molecule has 2 N–H and O–H groups in total. The first-order chi connectivity index (χ1) is 12.0. The van der Waals surface area contributed by atoms with Crippen LogP contribution in [-0.4, -0.2) is 30.1 Å². The Morgan fingerprint density at radius 2 is 1.80 bits per heavy atom. The van der Waals surface area contributed by atoms with Crippen LogP contribution in [0.25, 0.3) is 0 Å². The summed E-state index contributed by atoms with van der Waals surface area (Å²) in [5.74, 6) is -0.667. The average molecular weight is 341 g/mol. The first-order valence-electron chi connectivity index (χ1n) is 8.33. The third-order valence-corrected chi connectivity index (χ3v) is 4.30. The number of aliphatic carboxylic acids is 1. The highest BCUT2D eigenvalue weighted by molar-refractivity contribution is 5.95. The van der Waals surface area contributed by atoms with Crippen LogP contribution in [0.15, 0.2) is 54.6 Å². The molecule has 1 atom stereocenters. The molecule has 1 amide bonds. The molecule has 0 bridgehead atoms. The van der Waals surface area contributed by atoms with Crippen molar-refractivity contribution in [3.8, 4) is 5.75 Å². The summed E-state index contributed by atoms with van der Waals surface area (Å²) in [6, 6.07) is 15.8. The molecule has 0 spiro atoms. The highest BCUT2D eigenvalue weighted by Crippen LogP contribution is 2.28. The van der Waals surface area contributed by atoms with Crippen LogP contribution in [0.4, 0.5) is 0 Å². The molecule has 0 fully saturated rings. The number of ether oxygens (including phenoxy) is 1. The Kier molecular flexibility index (Phi) is 6.17. The monoisotopic (exact) mass is 341 g/mol. The lowest BCUT2D eigenvalue weighted by Gasteiger charge is -2.29. The number of carboxylic acid groups (broad SMARTS) is 1. The molecule has 0 heterocycles. The van der Waals surface area contributed by atoms with Crippen molar-refractivity contribution in [2.45, 2.75) is 25.7 Å². The smallest absolute Gasteiger partial charge is 0.315 e. The van der Waals surface area contributed by atoms with E-state index in [1.165, 1.54) is 0 Å². The third kappa shape index (κ3) is 4.18. The Morgan fingerprint density at radius 1 is 1.08 bits per heavy atom. The standard InChI is InChI=1S/C20H23NO4/c1-3-20(19(23)24,16-10-6-5-7-11-16)14-21-18(22)15-9-8-12-17(13-15)25-4-2/h5-13H,3-4,14H2,1-2H3,(H,21,22)(H,23,24). The Balaban J connectivity index is 2.19. The number of benzene rings is 2. The number of carbonyl (C=O) groups excluding carboxylic acids is 1. The maximum atomic E-state index is 12.5. The molecule has 0 saturated carbocycles. The molecule has 2 aromatic carbocycles. The van der Waals surface area contributed by atoms with E-state index in [1.807, 2.05) is 19.9 Å². The molecule has 0 radical (unpaired) electrons. The van der Waals surface area contributed by atoms with Crippen LogP contribution < -0.4 is 10.1 Å². The molecule has 0 aromatic heterocycles. The number of carbonyl (C=O) groups is 2. The van der Waals surface area contributed by atoms with Gasteiger partial charge in [-0.05, 0) is 37.1 Å². The van der Waals surface area contributed by atoms with Crippen molar-refractivity contribution in [1.82, 2.24) is 5.32 Å².